The predicted molar refractivity (Wildman–Crippen MR) is 545 cm³/mol. The second-order valence-corrected chi connectivity index (χ2v) is 32.8. The fraction of sp³-hybridized carbons (Fsp3) is 0.189. The van der Waals surface area contributed by atoms with Crippen molar-refractivity contribution >= 4 is 17.9 Å². The summed E-state index contributed by atoms with van der Waals surface area (Å²) >= 11 is 0. The van der Waals surface area contributed by atoms with Crippen molar-refractivity contribution in [3.63, 3.8) is 0 Å². The Morgan fingerprint density at radius 2 is 0.601 bits per heavy atom. The van der Waals surface area contributed by atoms with Crippen LogP contribution in [-0.2, 0) is 85.0 Å². The van der Waals surface area contributed by atoms with Gasteiger partial charge in [0.25, 0.3) is 0 Å². The van der Waals surface area contributed by atoms with Crippen LogP contribution < -0.4 is 0 Å². The van der Waals surface area contributed by atoms with Crippen molar-refractivity contribution < 1.29 is 67.3 Å². The molecule has 0 unspecified atom stereocenters. The third-order valence-corrected chi connectivity index (χ3v) is 24.2. The molecule has 15 aromatic carbocycles. The average molecular weight is 1840 g/mol. The van der Waals surface area contributed by atoms with E-state index in [9.17, 15) is 9.90 Å². The minimum Gasteiger partial charge on any atom is -0.464 e. The molecular formula is C122H118N2O14. The van der Waals surface area contributed by atoms with Crippen LogP contribution in [0.2, 0.25) is 0 Å². The fourth-order valence-electron chi connectivity index (χ4n) is 17.4. The van der Waals surface area contributed by atoms with Crippen molar-refractivity contribution in [1.29, 1.82) is 0 Å². The number of fused-ring (bicyclic) bond motifs is 1. The van der Waals surface area contributed by atoms with Gasteiger partial charge in [-0.05, 0) is 90.4 Å². The van der Waals surface area contributed by atoms with Gasteiger partial charge in [0.15, 0.2) is 0 Å². The number of nitrogens with zero attached hydrogens (tertiary/aromatic N) is 2. The maximum absolute atomic E-state index is 11.7. The molecule has 0 saturated carbocycles. The van der Waals surface area contributed by atoms with E-state index in [2.05, 4.69) is 285 Å². The quantitative estimate of drug-likeness (QED) is 0.00702. The molecule has 18 rings (SSSR count). The molecule has 0 spiro atoms. The van der Waals surface area contributed by atoms with E-state index >= 15 is 0 Å². The molecule has 138 heavy (non-hydrogen) atoms. The van der Waals surface area contributed by atoms with E-state index in [0.29, 0.717) is 33.0 Å². The minimum atomic E-state index is -0.849. The largest absolute Gasteiger partial charge is 0.464 e. The third-order valence-electron chi connectivity index (χ3n) is 24.2. The van der Waals surface area contributed by atoms with Gasteiger partial charge in [-0.1, -0.05) is 484 Å². The number of esters is 1. The van der Waals surface area contributed by atoms with Crippen molar-refractivity contribution in [2.24, 2.45) is 16.2 Å². The number of benzene rings is 15. The van der Waals surface area contributed by atoms with Gasteiger partial charge in [0.1, 0.15) is 47.3 Å². The standard InChI is InChI=1S/C27H28O4.C25H23NO3.C25H25NO3.C23H22O2.C22H20O2/c1-3-25(30-21-26(28)29-4-2)20-31-27(22-14-8-5-9-15-22,23-16-10-6-11-17-23)24-18-12-7-13-19-24;1-4-10-19(11-5-1)25(20-12-6-2-7-13-20,21-14-8-3-9-15-21)28-18-24-22-16-29-26-23(22)17-27-24;1-2-24(28-19-18-26-27)20-29-25(21-12-6-3-7-13-21,22-14-8-4-9-15-22)23-16-10-5-11-17-23;1-2-22(24)18-25-23(19-12-6-3-7-13-19,20-14-8-4-9-15-20)21-16-10-5-11-17-21;1-4-10-18(11-5-1)22(24-17-21-16-23-21,19-12-6-2-7-13-19)20-14-8-3-9-15-20/h3,5-19,25H,1,4,20-21H2,2H3;1-15,22,24H,16-18H2;2-18,24,27H,1,19-20H2;2-17,22,24H,1,18H2;1-15,21H,16-17H2/b;;26-18+;;/t25-;22-,24+;24-;22-;21-/m00000/s1. The maximum atomic E-state index is 11.7. The van der Waals surface area contributed by atoms with Crippen LogP contribution in [0.3, 0.4) is 0 Å². The number of epoxide rings is 1. The summed E-state index contributed by atoms with van der Waals surface area (Å²) in [4.78, 5) is 17.0. The molecule has 0 aliphatic carbocycles. The number of carbonyl (C=O) groups is 1. The second kappa shape index (κ2) is 51.5. The Balaban J connectivity index is 0.000000138. The molecule has 15 aromatic rings. The molecule has 16 nitrogen and oxygen atoms in total. The summed E-state index contributed by atoms with van der Waals surface area (Å²) in [6, 6.07) is 154. The number of aliphatic hydroxyl groups excluding tert-OH is 1. The lowest BCUT2D eigenvalue weighted by Crippen LogP contribution is -2.37. The van der Waals surface area contributed by atoms with Crippen molar-refractivity contribution in [2.45, 2.75) is 65.4 Å². The normalized spacial score (nSPS) is 14.9. The number of hydrogen-bond acceptors (Lipinski definition) is 16. The van der Waals surface area contributed by atoms with Gasteiger partial charge < -0.3 is 62.5 Å². The van der Waals surface area contributed by atoms with E-state index < -0.39 is 46.2 Å². The lowest BCUT2D eigenvalue weighted by Gasteiger charge is -2.37. The van der Waals surface area contributed by atoms with Crippen LogP contribution in [0.4, 0.5) is 0 Å². The first kappa shape index (κ1) is 99.5. The minimum absolute atomic E-state index is 0.0632. The van der Waals surface area contributed by atoms with Crippen LogP contribution in [0.15, 0.2) is 503 Å². The van der Waals surface area contributed by atoms with Crippen LogP contribution in [0.5, 0.6) is 0 Å². The monoisotopic (exact) mass is 1830 g/mol. The van der Waals surface area contributed by atoms with Crippen LogP contribution in [0, 0.1) is 5.92 Å². The first-order valence-corrected chi connectivity index (χ1v) is 46.6. The van der Waals surface area contributed by atoms with Gasteiger partial charge >= 0.3 is 5.97 Å². The summed E-state index contributed by atoms with van der Waals surface area (Å²) in [5.41, 5.74) is 13.0. The van der Waals surface area contributed by atoms with Crippen molar-refractivity contribution in [1.82, 2.24) is 0 Å². The van der Waals surface area contributed by atoms with Crippen LogP contribution in [-0.4, -0.2) is 131 Å². The summed E-state index contributed by atoms with van der Waals surface area (Å²) in [5.74, 6) is -0.232. The van der Waals surface area contributed by atoms with Crippen LogP contribution in [0.1, 0.15) is 90.4 Å². The Kier molecular flexibility index (Phi) is 37.1. The van der Waals surface area contributed by atoms with Gasteiger partial charge in [0.2, 0.25) is 0 Å². The lowest BCUT2D eigenvalue weighted by molar-refractivity contribution is -0.151. The van der Waals surface area contributed by atoms with Crippen LogP contribution >= 0.6 is 0 Å². The molecule has 3 aliphatic heterocycles. The predicted octanol–water partition coefficient (Wildman–Crippen LogP) is 23.5. The summed E-state index contributed by atoms with van der Waals surface area (Å²) in [5, 5.41) is 25.7. The Labute approximate surface area is 811 Å². The van der Waals surface area contributed by atoms with Gasteiger partial charge in [-0.2, -0.15) is 0 Å². The maximum Gasteiger partial charge on any atom is 0.332 e. The van der Waals surface area contributed by atoms with E-state index in [1.165, 1.54) is 12.3 Å². The molecule has 2 saturated heterocycles. The van der Waals surface area contributed by atoms with Crippen molar-refractivity contribution in [3.05, 3.63) is 576 Å². The number of carbonyl (C=O) groups excluding carboxylic acids is 1. The van der Waals surface area contributed by atoms with E-state index in [0.717, 1.165) is 95.8 Å². The first-order chi connectivity index (χ1) is 68.1. The summed E-state index contributed by atoms with van der Waals surface area (Å²) in [7, 11) is 0. The highest BCUT2D eigenvalue weighted by Gasteiger charge is 2.46. The van der Waals surface area contributed by atoms with Gasteiger partial charge in [0.05, 0.1) is 102 Å². The van der Waals surface area contributed by atoms with Crippen LogP contribution in [0.25, 0.3) is 0 Å². The van der Waals surface area contributed by atoms with Gasteiger partial charge in [0, 0.05) is 0 Å². The Morgan fingerprint density at radius 3 is 0.841 bits per heavy atom. The SMILES string of the molecule is C=C[C@@H](COC(c1ccccc1)(c1ccccc1)c1ccccc1)OC/C=N/O.C=C[C@@H](COC(c1ccccc1)(c1ccccc1)c1ccccc1)OCC(=O)OCC.C=C[C@H](O)COC(c1ccccc1)(c1ccccc1)c1ccccc1.c1ccc(C(OC[C@@H]2CO2)(c2ccccc2)c2ccccc2)cc1.c1ccc(C(OC[C@H]2OCC3=NOC[C@@H]32)(c2ccccc2)c2ccccc2)cc1. The smallest absolute Gasteiger partial charge is 0.332 e. The summed E-state index contributed by atoms with van der Waals surface area (Å²) in [6.07, 6.45) is 4.70. The lowest BCUT2D eigenvalue weighted by atomic mass is 9.80. The van der Waals surface area contributed by atoms with E-state index in [1.807, 2.05) is 200 Å². The average Bonchev–Trinajstić information content (AvgIpc) is 1.12. The Morgan fingerprint density at radius 1 is 0.355 bits per heavy atom. The molecule has 0 amide bonds. The topological polar surface area (TPSA) is 187 Å². The highest BCUT2D eigenvalue weighted by atomic mass is 16.6. The first-order valence-electron chi connectivity index (χ1n) is 46.6. The molecule has 0 aromatic heterocycles. The second-order valence-electron chi connectivity index (χ2n) is 32.8. The van der Waals surface area contributed by atoms with Gasteiger partial charge in [-0.15, -0.1) is 19.7 Å². The number of oxime groups is 2. The van der Waals surface area contributed by atoms with Gasteiger partial charge in [-0.3, -0.25) is 0 Å². The summed E-state index contributed by atoms with van der Waals surface area (Å²) < 4.78 is 60.9. The molecule has 0 radical (unpaired) electrons. The highest BCUT2D eigenvalue weighted by molar-refractivity contribution is 5.90. The van der Waals surface area contributed by atoms with E-state index in [4.69, 9.17) is 57.4 Å². The zero-order chi connectivity index (χ0) is 95.6. The number of ether oxygens (including phenoxy) is 10. The fourth-order valence-corrected chi connectivity index (χ4v) is 17.4. The molecule has 3 aliphatic rings. The highest BCUT2D eigenvalue weighted by Crippen LogP contribution is 2.47. The number of aliphatic hydroxyl groups is 1. The van der Waals surface area contributed by atoms with E-state index in [-0.39, 0.29) is 57.3 Å². The third kappa shape index (κ3) is 24.9. The zero-order valence-electron chi connectivity index (χ0n) is 77.7. The van der Waals surface area contributed by atoms with Crippen molar-refractivity contribution in [3.8, 4) is 0 Å². The molecule has 700 valence electrons. The Hall–Kier alpha value is -14.5. The molecule has 6 atom stereocenters. The molecular weight excluding hydrogens is 1720 g/mol. The number of hydrogen-bond donors (Lipinski definition) is 2. The molecule has 0 bridgehead atoms. The summed E-state index contributed by atoms with van der Waals surface area (Å²) in [6.45, 7) is 17.0. The van der Waals surface area contributed by atoms with E-state index in [1.54, 1.807) is 19.1 Å². The molecule has 3 heterocycles. The molecule has 16 heteroatoms. The van der Waals surface area contributed by atoms with Gasteiger partial charge in [-0.25, -0.2) is 4.79 Å². The Bertz CT molecular complexity index is 5630. The molecule has 2 fully saturated rings. The number of rotatable bonds is 40. The zero-order valence-corrected chi connectivity index (χ0v) is 77.7. The van der Waals surface area contributed by atoms with Crippen molar-refractivity contribution in [2.75, 3.05) is 72.7 Å². The molecule has 2 N–H and O–H groups in total.